The lowest BCUT2D eigenvalue weighted by Crippen LogP contribution is -2.48. The molecule has 2 saturated heterocycles. The predicted octanol–water partition coefficient (Wildman–Crippen LogP) is 1.04. The van der Waals surface area contributed by atoms with E-state index in [0.717, 1.165) is 13.2 Å². The van der Waals surface area contributed by atoms with Crippen LogP contribution in [0.4, 0.5) is 0 Å². The van der Waals surface area contributed by atoms with Crippen LogP contribution in [0.3, 0.4) is 0 Å². The number of nitrogens with two attached hydrogens (primary N) is 1. The van der Waals surface area contributed by atoms with Crippen molar-refractivity contribution in [3.8, 4) is 0 Å². The van der Waals surface area contributed by atoms with E-state index in [9.17, 15) is 0 Å². The first-order chi connectivity index (χ1) is 5.88. The molecular formula is C9H20Cl2N2O. The fourth-order valence-electron chi connectivity index (χ4n) is 2.19. The summed E-state index contributed by atoms with van der Waals surface area (Å²) < 4.78 is 5.36. The van der Waals surface area contributed by atoms with Gasteiger partial charge in [0.2, 0.25) is 0 Å². The SMILES string of the molecule is Cl.Cl.N[C@@H]1COC[C@H]1N1CCCCC1. The molecule has 0 amide bonds. The number of nitrogens with zero attached hydrogens (tertiary/aromatic N) is 1. The fourth-order valence-corrected chi connectivity index (χ4v) is 2.19. The van der Waals surface area contributed by atoms with E-state index in [4.69, 9.17) is 10.5 Å². The van der Waals surface area contributed by atoms with Gasteiger partial charge in [-0.05, 0) is 25.9 Å². The minimum Gasteiger partial charge on any atom is -0.378 e. The number of ether oxygens (including phenoxy) is 1. The van der Waals surface area contributed by atoms with Crippen LogP contribution < -0.4 is 5.73 Å². The number of likely N-dealkylation sites (tertiary alicyclic amines) is 1. The molecule has 2 atom stereocenters. The second kappa shape index (κ2) is 6.85. The highest BCUT2D eigenvalue weighted by molar-refractivity contribution is 5.85. The molecular weight excluding hydrogens is 223 g/mol. The molecule has 14 heavy (non-hydrogen) atoms. The van der Waals surface area contributed by atoms with Crippen LogP contribution in [-0.2, 0) is 4.74 Å². The molecule has 0 aromatic rings. The lowest BCUT2D eigenvalue weighted by Gasteiger charge is -2.33. The molecule has 0 radical (unpaired) electrons. The normalized spacial score (nSPS) is 33.2. The van der Waals surface area contributed by atoms with Crippen molar-refractivity contribution < 1.29 is 4.74 Å². The van der Waals surface area contributed by atoms with E-state index in [1.54, 1.807) is 0 Å². The highest BCUT2D eigenvalue weighted by Gasteiger charge is 2.30. The van der Waals surface area contributed by atoms with Gasteiger partial charge in [0.15, 0.2) is 0 Å². The van der Waals surface area contributed by atoms with Gasteiger partial charge in [-0.25, -0.2) is 0 Å². The van der Waals surface area contributed by atoms with E-state index in [1.807, 2.05) is 0 Å². The predicted molar refractivity (Wildman–Crippen MR) is 62.5 cm³/mol. The summed E-state index contributed by atoms with van der Waals surface area (Å²) in [6.45, 7) is 4.05. The van der Waals surface area contributed by atoms with Gasteiger partial charge in [0.05, 0.1) is 19.3 Å². The third-order valence-electron chi connectivity index (χ3n) is 2.95. The molecule has 0 aromatic carbocycles. The first-order valence-electron chi connectivity index (χ1n) is 4.95. The maximum atomic E-state index is 5.94. The Labute approximate surface area is 98.2 Å². The van der Waals surface area contributed by atoms with Crippen LogP contribution in [0.5, 0.6) is 0 Å². The van der Waals surface area contributed by atoms with Crippen molar-refractivity contribution in [1.29, 1.82) is 0 Å². The maximum Gasteiger partial charge on any atom is 0.0638 e. The van der Waals surface area contributed by atoms with Crippen LogP contribution in [0.25, 0.3) is 0 Å². The van der Waals surface area contributed by atoms with Crippen molar-refractivity contribution in [2.45, 2.75) is 31.3 Å². The smallest absolute Gasteiger partial charge is 0.0638 e. The van der Waals surface area contributed by atoms with Crippen molar-refractivity contribution in [2.75, 3.05) is 26.3 Å². The van der Waals surface area contributed by atoms with Gasteiger partial charge in [-0.15, -0.1) is 24.8 Å². The summed E-state index contributed by atoms with van der Waals surface area (Å²) in [6.07, 6.45) is 4.06. The second-order valence-electron chi connectivity index (χ2n) is 3.87. The average molecular weight is 243 g/mol. The van der Waals surface area contributed by atoms with Gasteiger partial charge in [0.25, 0.3) is 0 Å². The van der Waals surface area contributed by atoms with E-state index in [-0.39, 0.29) is 30.9 Å². The minimum absolute atomic E-state index is 0. The zero-order valence-corrected chi connectivity index (χ0v) is 9.99. The molecule has 86 valence electrons. The molecule has 2 N–H and O–H groups in total. The number of piperidine rings is 1. The van der Waals surface area contributed by atoms with Crippen molar-refractivity contribution in [2.24, 2.45) is 5.73 Å². The number of rotatable bonds is 1. The summed E-state index contributed by atoms with van der Waals surface area (Å²) in [6, 6.07) is 0.758. The largest absolute Gasteiger partial charge is 0.378 e. The molecule has 2 heterocycles. The number of hydrogen-bond acceptors (Lipinski definition) is 3. The Kier molecular flexibility index (Phi) is 7.08. The Bertz CT molecular complexity index is 154. The van der Waals surface area contributed by atoms with E-state index >= 15 is 0 Å². The van der Waals surface area contributed by atoms with Crippen LogP contribution in [0.2, 0.25) is 0 Å². The third kappa shape index (κ3) is 3.24. The first kappa shape index (κ1) is 14.5. The van der Waals surface area contributed by atoms with Crippen LogP contribution in [0, 0.1) is 0 Å². The summed E-state index contributed by atoms with van der Waals surface area (Å²) in [5.74, 6) is 0. The molecule has 0 bridgehead atoms. The summed E-state index contributed by atoms with van der Waals surface area (Å²) in [5, 5.41) is 0. The Morgan fingerprint density at radius 1 is 1.00 bits per heavy atom. The van der Waals surface area contributed by atoms with Crippen LogP contribution in [0.15, 0.2) is 0 Å². The quantitative estimate of drug-likeness (QED) is 0.748. The van der Waals surface area contributed by atoms with Crippen LogP contribution >= 0.6 is 24.8 Å². The maximum absolute atomic E-state index is 5.94. The van der Waals surface area contributed by atoms with Gasteiger partial charge in [-0.2, -0.15) is 0 Å². The van der Waals surface area contributed by atoms with Gasteiger partial charge in [-0.3, -0.25) is 4.90 Å². The molecule has 0 saturated carbocycles. The van der Waals surface area contributed by atoms with Crippen molar-refractivity contribution in [1.82, 2.24) is 4.90 Å². The van der Waals surface area contributed by atoms with Crippen molar-refractivity contribution >= 4 is 24.8 Å². The third-order valence-corrected chi connectivity index (χ3v) is 2.95. The van der Waals surface area contributed by atoms with Crippen molar-refractivity contribution in [3.63, 3.8) is 0 Å². The Morgan fingerprint density at radius 3 is 2.14 bits per heavy atom. The molecule has 2 rings (SSSR count). The molecule has 2 aliphatic rings. The zero-order chi connectivity index (χ0) is 8.39. The van der Waals surface area contributed by atoms with E-state index < -0.39 is 0 Å². The highest BCUT2D eigenvalue weighted by atomic mass is 35.5. The summed E-state index contributed by atoms with van der Waals surface area (Å²) in [4.78, 5) is 2.50. The molecule has 5 heteroatoms. The topological polar surface area (TPSA) is 38.5 Å². The summed E-state index contributed by atoms with van der Waals surface area (Å²) in [5.41, 5.74) is 5.94. The molecule has 3 nitrogen and oxygen atoms in total. The van der Waals surface area contributed by atoms with E-state index in [0.29, 0.717) is 6.04 Å². The Hall–Kier alpha value is 0.460. The van der Waals surface area contributed by atoms with Gasteiger partial charge in [0, 0.05) is 6.04 Å². The number of hydrogen-bond donors (Lipinski definition) is 1. The Morgan fingerprint density at radius 2 is 1.64 bits per heavy atom. The lowest BCUT2D eigenvalue weighted by molar-refractivity contribution is 0.126. The lowest BCUT2D eigenvalue weighted by atomic mass is 10.1. The summed E-state index contributed by atoms with van der Waals surface area (Å²) in [7, 11) is 0. The van der Waals surface area contributed by atoms with Gasteiger partial charge >= 0.3 is 0 Å². The average Bonchev–Trinajstić information content (AvgIpc) is 2.53. The number of halogens is 2. The van der Waals surface area contributed by atoms with E-state index in [2.05, 4.69) is 4.90 Å². The molecule has 0 aromatic heterocycles. The molecule has 0 unspecified atom stereocenters. The Balaban J connectivity index is 0.000000845. The first-order valence-corrected chi connectivity index (χ1v) is 4.95. The monoisotopic (exact) mass is 242 g/mol. The summed E-state index contributed by atoms with van der Waals surface area (Å²) >= 11 is 0. The van der Waals surface area contributed by atoms with Gasteiger partial charge in [-0.1, -0.05) is 6.42 Å². The molecule has 0 aliphatic carbocycles. The minimum atomic E-state index is 0. The molecule has 2 fully saturated rings. The standard InChI is InChI=1S/C9H18N2O.2ClH/c10-8-6-12-7-9(8)11-4-2-1-3-5-11;;/h8-9H,1-7,10H2;2*1H/t8-,9-;;/m1../s1. The fraction of sp³-hybridized carbons (Fsp3) is 1.00. The molecule has 0 spiro atoms. The van der Waals surface area contributed by atoms with Gasteiger partial charge < -0.3 is 10.5 Å². The van der Waals surface area contributed by atoms with Crippen LogP contribution in [-0.4, -0.2) is 43.3 Å². The zero-order valence-electron chi connectivity index (χ0n) is 8.35. The van der Waals surface area contributed by atoms with E-state index in [1.165, 1.54) is 32.4 Å². The highest BCUT2D eigenvalue weighted by Crippen LogP contribution is 2.17. The molecule has 2 aliphatic heterocycles. The second-order valence-corrected chi connectivity index (χ2v) is 3.87. The van der Waals surface area contributed by atoms with Crippen LogP contribution in [0.1, 0.15) is 19.3 Å². The van der Waals surface area contributed by atoms with Gasteiger partial charge in [0.1, 0.15) is 0 Å². The van der Waals surface area contributed by atoms with Crippen molar-refractivity contribution in [3.05, 3.63) is 0 Å².